The molecule has 1 heterocycles. The number of carboxylic acid groups (broad SMARTS) is 1. The third-order valence-corrected chi connectivity index (χ3v) is 3.79. The molecule has 1 aromatic carbocycles. The number of aromatic amines is 1. The van der Waals surface area contributed by atoms with Crippen LogP contribution in [0.15, 0.2) is 33.9 Å². The van der Waals surface area contributed by atoms with Crippen LogP contribution in [0.3, 0.4) is 0 Å². The SMILES string of the molecule is CC(C)CC(NC(=O)CCn1[nH]c(=O)c2ccccc2c1=O)C(=O)O. The molecule has 2 rings (SSSR count). The summed E-state index contributed by atoms with van der Waals surface area (Å²) in [6.45, 7) is 3.68. The zero-order chi connectivity index (χ0) is 18.6. The number of hydrogen-bond acceptors (Lipinski definition) is 4. The topological polar surface area (TPSA) is 121 Å². The van der Waals surface area contributed by atoms with Gasteiger partial charge in [0.1, 0.15) is 6.04 Å². The molecule has 0 fully saturated rings. The van der Waals surface area contributed by atoms with Gasteiger partial charge in [-0.1, -0.05) is 26.0 Å². The van der Waals surface area contributed by atoms with Gasteiger partial charge in [-0.05, 0) is 24.5 Å². The van der Waals surface area contributed by atoms with Crippen LogP contribution < -0.4 is 16.4 Å². The number of aliphatic carboxylic acids is 1. The van der Waals surface area contributed by atoms with Crippen molar-refractivity contribution in [3.05, 3.63) is 45.0 Å². The summed E-state index contributed by atoms with van der Waals surface area (Å²) in [4.78, 5) is 47.5. The van der Waals surface area contributed by atoms with Crippen LogP contribution in [-0.4, -0.2) is 32.8 Å². The van der Waals surface area contributed by atoms with Crippen molar-refractivity contribution < 1.29 is 14.7 Å². The molecule has 1 aromatic heterocycles. The summed E-state index contributed by atoms with van der Waals surface area (Å²) in [5, 5.41) is 14.6. The second-order valence-corrected chi connectivity index (χ2v) is 6.28. The number of carbonyl (C=O) groups is 2. The summed E-state index contributed by atoms with van der Waals surface area (Å²) in [6.07, 6.45) is 0.198. The highest BCUT2D eigenvalue weighted by Crippen LogP contribution is 2.06. The van der Waals surface area contributed by atoms with Crippen molar-refractivity contribution in [2.75, 3.05) is 0 Å². The Morgan fingerprint density at radius 3 is 2.44 bits per heavy atom. The number of carboxylic acids is 1. The normalized spacial score (nSPS) is 12.3. The quantitative estimate of drug-likeness (QED) is 0.680. The van der Waals surface area contributed by atoms with Crippen molar-refractivity contribution in [1.82, 2.24) is 15.1 Å². The number of aryl methyl sites for hydroxylation is 1. The molecule has 8 nitrogen and oxygen atoms in total. The molecule has 0 bridgehead atoms. The lowest BCUT2D eigenvalue weighted by molar-refractivity contribution is -0.142. The number of carbonyl (C=O) groups excluding carboxylic acids is 1. The standard InChI is InChI=1S/C17H21N3O5/c1-10(2)9-13(17(24)25)18-14(21)7-8-20-16(23)12-6-4-3-5-11(12)15(22)19-20/h3-6,10,13H,7-9H2,1-2H3,(H,18,21)(H,19,22)(H,24,25). The maximum atomic E-state index is 12.3. The van der Waals surface area contributed by atoms with E-state index in [2.05, 4.69) is 10.4 Å². The molecule has 8 heteroatoms. The summed E-state index contributed by atoms with van der Waals surface area (Å²) < 4.78 is 1.07. The molecule has 0 aliphatic heterocycles. The summed E-state index contributed by atoms with van der Waals surface area (Å²) >= 11 is 0. The van der Waals surface area contributed by atoms with Gasteiger partial charge in [0.25, 0.3) is 11.1 Å². The molecule has 0 aliphatic rings. The molecule has 134 valence electrons. The first-order chi connectivity index (χ1) is 11.8. The summed E-state index contributed by atoms with van der Waals surface area (Å²) in [6, 6.07) is 5.45. The number of aromatic nitrogens is 2. The van der Waals surface area contributed by atoms with Crippen molar-refractivity contribution in [3.8, 4) is 0 Å². The minimum Gasteiger partial charge on any atom is -0.480 e. The molecule has 0 aliphatic carbocycles. The van der Waals surface area contributed by atoms with Gasteiger partial charge in [-0.3, -0.25) is 19.5 Å². The number of benzene rings is 1. The molecule has 2 aromatic rings. The van der Waals surface area contributed by atoms with E-state index in [-0.39, 0.29) is 29.7 Å². The zero-order valence-corrected chi connectivity index (χ0v) is 14.1. The fourth-order valence-corrected chi connectivity index (χ4v) is 2.58. The van der Waals surface area contributed by atoms with Gasteiger partial charge in [-0.2, -0.15) is 0 Å². The third kappa shape index (κ3) is 4.56. The van der Waals surface area contributed by atoms with Gasteiger partial charge in [-0.25, -0.2) is 9.48 Å². The minimum atomic E-state index is -1.10. The second kappa shape index (κ2) is 7.78. The minimum absolute atomic E-state index is 0.0429. The van der Waals surface area contributed by atoms with Gasteiger partial charge in [0.2, 0.25) is 5.91 Å². The van der Waals surface area contributed by atoms with Crippen LogP contribution in [-0.2, 0) is 16.1 Å². The highest BCUT2D eigenvalue weighted by Gasteiger charge is 2.21. The smallest absolute Gasteiger partial charge is 0.326 e. The van der Waals surface area contributed by atoms with Gasteiger partial charge < -0.3 is 10.4 Å². The fourth-order valence-electron chi connectivity index (χ4n) is 2.58. The average Bonchev–Trinajstić information content (AvgIpc) is 2.56. The van der Waals surface area contributed by atoms with Crippen molar-refractivity contribution in [3.63, 3.8) is 0 Å². The van der Waals surface area contributed by atoms with E-state index in [1.807, 2.05) is 13.8 Å². The molecule has 1 atom stereocenters. The van der Waals surface area contributed by atoms with Crippen molar-refractivity contribution in [1.29, 1.82) is 0 Å². The van der Waals surface area contributed by atoms with Gasteiger partial charge in [0, 0.05) is 6.42 Å². The van der Waals surface area contributed by atoms with E-state index in [0.29, 0.717) is 6.42 Å². The van der Waals surface area contributed by atoms with E-state index in [4.69, 9.17) is 5.11 Å². The highest BCUT2D eigenvalue weighted by molar-refractivity contribution is 5.83. The Labute approximate surface area is 143 Å². The lowest BCUT2D eigenvalue weighted by Crippen LogP contribution is -2.42. The van der Waals surface area contributed by atoms with Crippen LogP contribution in [0.25, 0.3) is 10.8 Å². The Morgan fingerprint density at radius 1 is 1.20 bits per heavy atom. The maximum absolute atomic E-state index is 12.3. The Hall–Kier alpha value is -2.90. The summed E-state index contributed by atoms with van der Waals surface area (Å²) in [7, 11) is 0. The van der Waals surface area contributed by atoms with Crippen molar-refractivity contribution in [2.24, 2.45) is 5.92 Å². The van der Waals surface area contributed by atoms with E-state index in [1.165, 1.54) is 0 Å². The molecular weight excluding hydrogens is 326 g/mol. The molecule has 0 saturated heterocycles. The molecular formula is C17H21N3O5. The number of fused-ring (bicyclic) bond motifs is 1. The van der Waals surface area contributed by atoms with E-state index in [9.17, 15) is 19.2 Å². The lowest BCUT2D eigenvalue weighted by Gasteiger charge is -2.16. The number of nitrogens with one attached hydrogen (secondary N) is 2. The van der Waals surface area contributed by atoms with Gasteiger partial charge in [-0.15, -0.1) is 0 Å². The molecule has 0 radical (unpaired) electrons. The second-order valence-electron chi connectivity index (χ2n) is 6.28. The average molecular weight is 347 g/mol. The third-order valence-electron chi connectivity index (χ3n) is 3.79. The molecule has 25 heavy (non-hydrogen) atoms. The number of hydrogen-bond donors (Lipinski definition) is 3. The number of H-pyrrole nitrogens is 1. The van der Waals surface area contributed by atoms with Gasteiger partial charge >= 0.3 is 5.97 Å². The molecule has 1 unspecified atom stereocenters. The molecule has 3 N–H and O–H groups in total. The Bertz CT molecular complexity index is 897. The Balaban J connectivity index is 2.11. The first-order valence-corrected chi connectivity index (χ1v) is 8.03. The zero-order valence-electron chi connectivity index (χ0n) is 14.1. The van der Waals surface area contributed by atoms with Gasteiger partial charge in [0.15, 0.2) is 0 Å². The first-order valence-electron chi connectivity index (χ1n) is 8.03. The molecule has 0 spiro atoms. The predicted molar refractivity (Wildman–Crippen MR) is 92.5 cm³/mol. The van der Waals surface area contributed by atoms with E-state index >= 15 is 0 Å². The molecule has 1 amide bonds. The summed E-state index contributed by atoms with van der Waals surface area (Å²) in [5.74, 6) is -1.48. The van der Waals surface area contributed by atoms with Crippen LogP contribution in [0.4, 0.5) is 0 Å². The van der Waals surface area contributed by atoms with E-state index in [0.717, 1.165) is 4.68 Å². The van der Waals surface area contributed by atoms with Crippen LogP contribution >= 0.6 is 0 Å². The van der Waals surface area contributed by atoms with Gasteiger partial charge in [0.05, 0.1) is 17.3 Å². The van der Waals surface area contributed by atoms with Crippen molar-refractivity contribution >= 4 is 22.6 Å². The Morgan fingerprint density at radius 2 is 1.84 bits per heavy atom. The largest absolute Gasteiger partial charge is 0.480 e. The lowest BCUT2D eigenvalue weighted by atomic mass is 10.0. The highest BCUT2D eigenvalue weighted by atomic mass is 16.4. The number of nitrogens with zero attached hydrogens (tertiary/aromatic N) is 1. The summed E-state index contributed by atoms with van der Waals surface area (Å²) in [5.41, 5.74) is -0.821. The van der Waals surface area contributed by atoms with Crippen molar-refractivity contribution in [2.45, 2.75) is 39.3 Å². The Kier molecular flexibility index (Phi) is 5.74. The number of rotatable bonds is 7. The van der Waals surface area contributed by atoms with Crippen LogP contribution in [0.1, 0.15) is 26.7 Å². The van der Waals surface area contributed by atoms with Crippen LogP contribution in [0.2, 0.25) is 0 Å². The fraction of sp³-hybridized carbons (Fsp3) is 0.412. The predicted octanol–water partition coefficient (Wildman–Crippen LogP) is 0.695. The number of amides is 1. The van der Waals surface area contributed by atoms with Crippen LogP contribution in [0.5, 0.6) is 0 Å². The molecule has 0 saturated carbocycles. The van der Waals surface area contributed by atoms with E-state index < -0.39 is 29.0 Å². The van der Waals surface area contributed by atoms with E-state index in [1.54, 1.807) is 24.3 Å². The van der Waals surface area contributed by atoms with Crippen LogP contribution in [0, 0.1) is 5.92 Å². The first kappa shape index (κ1) is 18.4. The maximum Gasteiger partial charge on any atom is 0.326 e. The monoisotopic (exact) mass is 347 g/mol.